The number of hydrogen-bond donors (Lipinski definition) is 0. The monoisotopic (exact) mass is 552 g/mol. The summed E-state index contributed by atoms with van der Waals surface area (Å²) in [6.07, 6.45) is -2.78. The fraction of sp³-hybridized carbons (Fsp3) is 0.320. The minimum atomic E-state index is -4.56. The van der Waals surface area contributed by atoms with E-state index in [0.29, 0.717) is 29.6 Å². The van der Waals surface area contributed by atoms with Gasteiger partial charge >= 0.3 is 6.18 Å². The molecule has 6 nitrogen and oxygen atoms in total. The van der Waals surface area contributed by atoms with Crippen LogP contribution in [0.25, 0.3) is 17.0 Å². The van der Waals surface area contributed by atoms with E-state index in [-0.39, 0.29) is 28.6 Å². The normalized spacial score (nSPS) is 22.2. The maximum absolute atomic E-state index is 14.5. The number of imide groups is 1. The van der Waals surface area contributed by atoms with Crippen LogP contribution in [0.1, 0.15) is 23.6 Å². The van der Waals surface area contributed by atoms with Crippen molar-refractivity contribution in [1.29, 1.82) is 0 Å². The van der Waals surface area contributed by atoms with Crippen molar-refractivity contribution in [2.45, 2.75) is 31.9 Å². The average molecular weight is 553 g/mol. The molecule has 37 heavy (non-hydrogen) atoms. The van der Waals surface area contributed by atoms with Gasteiger partial charge in [0.25, 0.3) is 11.1 Å². The van der Waals surface area contributed by atoms with E-state index in [9.17, 15) is 27.2 Å². The molecule has 0 spiro atoms. The van der Waals surface area contributed by atoms with E-state index in [1.54, 1.807) is 24.3 Å². The Balaban J connectivity index is 1.39. The Kier molecular flexibility index (Phi) is 6.80. The lowest BCUT2D eigenvalue weighted by molar-refractivity contribution is -0.138. The van der Waals surface area contributed by atoms with Gasteiger partial charge in [0.15, 0.2) is 0 Å². The molecule has 5 rings (SSSR count). The average Bonchev–Trinajstić information content (AvgIpc) is 3.49. The molecule has 1 aromatic heterocycles. The number of likely N-dealkylation sites (N-methyl/N-ethyl adjacent to an activating group) is 1. The number of carbonyl (C=O) groups is 2. The number of rotatable bonds is 5. The van der Waals surface area contributed by atoms with Crippen LogP contribution < -0.4 is 0 Å². The molecule has 0 saturated carbocycles. The summed E-state index contributed by atoms with van der Waals surface area (Å²) in [5.74, 6) is -0.529. The molecule has 2 fully saturated rings. The summed E-state index contributed by atoms with van der Waals surface area (Å²) in [5.41, 5.74) is 0.410. The molecule has 2 aromatic carbocycles. The number of fused-ring (bicyclic) bond motifs is 1. The number of hydrogen-bond acceptors (Lipinski definition) is 5. The summed E-state index contributed by atoms with van der Waals surface area (Å²) in [4.78, 5) is 28.6. The van der Waals surface area contributed by atoms with Gasteiger partial charge in [0.05, 0.1) is 34.8 Å². The molecule has 0 N–H and O–H groups in total. The zero-order chi connectivity index (χ0) is 26.5. The van der Waals surface area contributed by atoms with Crippen LogP contribution in [0.2, 0.25) is 5.02 Å². The molecule has 2 aliphatic heterocycles. The number of halogens is 5. The zero-order valence-corrected chi connectivity index (χ0v) is 21.1. The van der Waals surface area contributed by atoms with Crippen LogP contribution in [0, 0.1) is 0 Å². The quantitative estimate of drug-likeness (QED) is 0.294. The number of alkyl halides is 4. The summed E-state index contributed by atoms with van der Waals surface area (Å²) in [6, 6.07) is 7.92. The number of carbonyl (C=O) groups excluding carboxylic acids is 2. The van der Waals surface area contributed by atoms with Gasteiger partial charge in [-0.1, -0.05) is 30.7 Å². The molecule has 12 heteroatoms. The third-order valence-corrected chi connectivity index (χ3v) is 7.68. The highest BCUT2D eigenvalue weighted by Crippen LogP contribution is 2.37. The molecule has 3 heterocycles. The third-order valence-electron chi connectivity index (χ3n) is 6.56. The third kappa shape index (κ3) is 4.99. The van der Waals surface area contributed by atoms with Crippen LogP contribution in [0.4, 0.5) is 22.4 Å². The van der Waals surface area contributed by atoms with Crippen molar-refractivity contribution in [1.82, 2.24) is 19.6 Å². The zero-order valence-electron chi connectivity index (χ0n) is 19.5. The highest BCUT2D eigenvalue weighted by molar-refractivity contribution is 8.18. The number of amides is 2. The number of thioether (sulfide) groups is 1. The lowest BCUT2D eigenvalue weighted by atomic mass is 10.1. The molecule has 0 radical (unpaired) electrons. The van der Waals surface area contributed by atoms with Gasteiger partial charge in [-0.25, -0.2) is 4.39 Å². The second-order valence-corrected chi connectivity index (χ2v) is 10.3. The molecule has 2 atom stereocenters. The Morgan fingerprint density at radius 2 is 1.95 bits per heavy atom. The largest absolute Gasteiger partial charge is 0.416 e. The summed E-state index contributed by atoms with van der Waals surface area (Å²) in [5, 5.41) is 4.38. The van der Waals surface area contributed by atoms with Crippen molar-refractivity contribution < 1.29 is 27.2 Å². The summed E-state index contributed by atoms with van der Waals surface area (Å²) < 4.78 is 56.4. The number of nitrogens with zero attached hydrogens (tertiary/aromatic N) is 4. The molecule has 194 valence electrons. The molecule has 0 bridgehead atoms. The molecule has 0 unspecified atom stereocenters. The van der Waals surface area contributed by atoms with Crippen LogP contribution in [-0.2, 0) is 17.5 Å². The molecular formula is C25H21ClF4N4O2S. The Bertz CT molecular complexity index is 1420. The van der Waals surface area contributed by atoms with Crippen molar-refractivity contribution in [3.05, 3.63) is 69.2 Å². The van der Waals surface area contributed by atoms with E-state index in [4.69, 9.17) is 11.6 Å². The first-order valence-corrected chi connectivity index (χ1v) is 12.7. The van der Waals surface area contributed by atoms with Gasteiger partial charge in [0.1, 0.15) is 6.17 Å². The second-order valence-electron chi connectivity index (χ2n) is 8.91. The van der Waals surface area contributed by atoms with Crippen molar-refractivity contribution in [2.24, 2.45) is 0 Å². The first-order chi connectivity index (χ1) is 17.5. The van der Waals surface area contributed by atoms with Gasteiger partial charge < -0.3 is 0 Å². The smallest absolute Gasteiger partial charge is 0.298 e. The van der Waals surface area contributed by atoms with E-state index in [2.05, 4.69) is 5.10 Å². The fourth-order valence-corrected chi connectivity index (χ4v) is 5.73. The van der Waals surface area contributed by atoms with E-state index in [1.165, 1.54) is 23.0 Å². The maximum Gasteiger partial charge on any atom is 0.416 e. The van der Waals surface area contributed by atoms with Gasteiger partial charge in [0, 0.05) is 23.5 Å². The summed E-state index contributed by atoms with van der Waals surface area (Å²) in [6.45, 7) is 2.90. The van der Waals surface area contributed by atoms with Crippen LogP contribution in [-0.4, -0.2) is 62.6 Å². The molecule has 0 aliphatic carbocycles. The van der Waals surface area contributed by atoms with Gasteiger partial charge in [-0.2, -0.15) is 18.3 Å². The number of aromatic nitrogens is 2. The highest BCUT2D eigenvalue weighted by atomic mass is 35.5. The SMILES string of the molecule is CCN1C[C@@H](N2C(=O)S/C(=C\c3ccc4c(cnn4Cc4ccc(Cl)cc4C(F)(F)F)c3)C2=O)[C@@H](F)C1. The molecule has 2 amide bonds. The standard InChI is InChI=1S/C25H21ClF4N4O2S/c1-2-32-12-19(27)21(13-32)34-23(35)22(37-24(34)36)8-14-3-6-20-16(7-14)10-31-33(20)11-15-4-5-17(26)9-18(15)25(28,29)30/h3-10,19,21H,2,11-13H2,1H3/b22-8-/t19-,21+/m0/s1. The Labute approximate surface area is 218 Å². The lowest BCUT2D eigenvalue weighted by Gasteiger charge is -2.22. The minimum Gasteiger partial charge on any atom is -0.298 e. The van der Waals surface area contributed by atoms with Gasteiger partial charge in [-0.15, -0.1) is 0 Å². The van der Waals surface area contributed by atoms with E-state index in [1.807, 2.05) is 11.8 Å². The first kappa shape index (κ1) is 25.7. The van der Waals surface area contributed by atoms with Crippen molar-refractivity contribution in [3.8, 4) is 0 Å². The Morgan fingerprint density at radius 1 is 1.16 bits per heavy atom. The Morgan fingerprint density at radius 3 is 2.65 bits per heavy atom. The van der Waals surface area contributed by atoms with E-state index < -0.39 is 35.1 Å². The van der Waals surface area contributed by atoms with Crippen molar-refractivity contribution in [2.75, 3.05) is 19.6 Å². The number of likely N-dealkylation sites (tertiary alicyclic amines) is 1. The van der Waals surface area contributed by atoms with Crippen LogP contribution >= 0.6 is 23.4 Å². The van der Waals surface area contributed by atoms with E-state index >= 15 is 0 Å². The second kappa shape index (κ2) is 9.77. The molecule has 2 saturated heterocycles. The van der Waals surface area contributed by atoms with Crippen molar-refractivity contribution in [3.63, 3.8) is 0 Å². The summed E-state index contributed by atoms with van der Waals surface area (Å²) >= 11 is 6.54. The Hall–Kier alpha value is -2.89. The predicted molar refractivity (Wildman–Crippen MR) is 134 cm³/mol. The topological polar surface area (TPSA) is 58.4 Å². The highest BCUT2D eigenvalue weighted by Gasteiger charge is 2.46. The molecule has 2 aliphatic rings. The fourth-order valence-electron chi connectivity index (χ4n) is 4.67. The number of benzene rings is 2. The van der Waals surface area contributed by atoms with Gasteiger partial charge in [-0.05, 0) is 59.8 Å². The van der Waals surface area contributed by atoms with Gasteiger partial charge in [-0.3, -0.25) is 24.1 Å². The van der Waals surface area contributed by atoms with Gasteiger partial charge in [0.2, 0.25) is 0 Å². The molecular weight excluding hydrogens is 532 g/mol. The predicted octanol–water partition coefficient (Wildman–Crippen LogP) is 5.84. The van der Waals surface area contributed by atoms with Crippen LogP contribution in [0.3, 0.4) is 0 Å². The minimum absolute atomic E-state index is 0.00638. The summed E-state index contributed by atoms with van der Waals surface area (Å²) in [7, 11) is 0. The molecule has 3 aromatic rings. The van der Waals surface area contributed by atoms with E-state index in [0.717, 1.165) is 22.7 Å². The maximum atomic E-state index is 14.5. The van der Waals surface area contributed by atoms with Crippen molar-refractivity contribution >= 4 is 51.5 Å². The first-order valence-electron chi connectivity index (χ1n) is 11.5. The van der Waals surface area contributed by atoms with Crippen LogP contribution in [0.5, 0.6) is 0 Å². The van der Waals surface area contributed by atoms with Crippen LogP contribution in [0.15, 0.2) is 47.5 Å². The lowest BCUT2D eigenvalue weighted by Crippen LogP contribution is -2.44.